The Labute approximate surface area is 236 Å². The molecule has 8 nitrogen and oxygen atoms in total. The molecule has 0 unspecified atom stereocenters. The number of anilines is 1. The molecule has 1 amide bonds. The number of hydrogen-bond donors (Lipinski definition) is 4. The van der Waals surface area contributed by atoms with Crippen LogP contribution in [-0.4, -0.2) is 26.2 Å². The van der Waals surface area contributed by atoms with Crippen molar-refractivity contribution in [2.75, 3.05) is 5.32 Å². The molecule has 0 fully saturated rings. The third-order valence-electron chi connectivity index (χ3n) is 5.08. The number of nitrogens with one attached hydrogen (secondary N) is 1. The van der Waals surface area contributed by atoms with E-state index in [0.717, 1.165) is 6.07 Å². The normalized spacial score (nSPS) is 10.3. The Morgan fingerprint density at radius 3 is 1.74 bits per heavy atom. The van der Waals surface area contributed by atoms with E-state index in [0.29, 0.717) is 27.6 Å². The Morgan fingerprint density at radius 1 is 0.737 bits per heavy atom. The van der Waals surface area contributed by atoms with E-state index in [1.807, 2.05) is 0 Å². The van der Waals surface area contributed by atoms with Gasteiger partial charge in [0.1, 0.15) is 17.2 Å². The van der Waals surface area contributed by atoms with Gasteiger partial charge in [-0.3, -0.25) is 14.9 Å². The molecule has 0 atom stereocenters. The van der Waals surface area contributed by atoms with Crippen LogP contribution in [0, 0.1) is 10.1 Å². The molecular weight excluding hydrogens is 578 g/mol. The predicted molar refractivity (Wildman–Crippen MR) is 148 cm³/mol. The topological polar surface area (TPSA) is 133 Å². The van der Waals surface area contributed by atoms with E-state index in [1.165, 1.54) is 42.5 Å². The lowest BCUT2D eigenvalue weighted by Crippen LogP contribution is -2.12. The van der Waals surface area contributed by atoms with E-state index >= 15 is 0 Å². The average Bonchev–Trinajstić information content (AvgIpc) is 2.86. The number of rotatable bonds is 5. The van der Waals surface area contributed by atoms with Gasteiger partial charge in [0.2, 0.25) is 0 Å². The average molecular weight is 596 g/mol. The van der Waals surface area contributed by atoms with Crippen LogP contribution in [0.5, 0.6) is 17.2 Å². The van der Waals surface area contributed by atoms with E-state index in [2.05, 4.69) is 5.32 Å². The highest BCUT2D eigenvalue weighted by atomic mass is 35.5. The van der Waals surface area contributed by atoms with Crippen LogP contribution in [-0.2, 0) is 6.42 Å². The molecule has 196 valence electrons. The fourth-order valence-corrected chi connectivity index (χ4v) is 3.98. The lowest BCUT2D eigenvalue weighted by atomic mass is 10.0. The van der Waals surface area contributed by atoms with Gasteiger partial charge in [0.15, 0.2) is 0 Å². The maximum absolute atomic E-state index is 12.0. The Hall–Kier alpha value is -3.69. The first-order valence-electron chi connectivity index (χ1n) is 10.6. The van der Waals surface area contributed by atoms with E-state index in [-0.39, 0.29) is 44.2 Å². The molecule has 0 radical (unpaired) electrons. The predicted octanol–water partition coefficient (Wildman–Crippen LogP) is 7.85. The SMILES string of the molecule is O=C(Nc1ccc([N+](=O)[O-])cc1Cl)c1cc(Cl)ccc1O.Oc1ccc(Cl)cc1Cc1cc(Cl)ccc1O. The zero-order valence-corrected chi connectivity index (χ0v) is 22.2. The minimum Gasteiger partial charge on any atom is -0.508 e. The second kappa shape index (κ2) is 12.7. The second-order valence-corrected chi connectivity index (χ2v) is 9.48. The third-order valence-corrected chi connectivity index (χ3v) is 6.10. The number of phenolic OH excluding ortho intramolecular Hbond substituents is 3. The van der Waals surface area contributed by atoms with Crippen molar-refractivity contribution in [1.29, 1.82) is 0 Å². The van der Waals surface area contributed by atoms with Gasteiger partial charge in [-0.05, 0) is 71.8 Å². The largest absolute Gasteiger partial charge is 0.508 e. The van der Waals surface area contributed by atoms with Gasteiger partial charge in [-0.25, -0.2) is 0 Å². The summed E-state index contributed by atoms with van der Waals surface area (Å²) in [5.74, 6) is -0.580. The van der Waals surface area contributed by atoms with Crippen LogP contribution < -0.4 is 5.32 Å². The van der Waals surface area contributed by atoms with Gasteiger partial charge in [-0.15, -0.1) is 0 Å². The van der Waals surface area contributed by atoms with Crippen LogP contribution in [0.15, 0.2) is 72.8 Å². The number of carbonyl (C=O) groups is 1. The summed E-state index contributed by atoms with van der Waals surface area (Å²) >= 11 is 23.3. The number of nitrogens with zero attached hydrogens (tertiary/aromatic N) is 1. The van der Waals surface area contributed by atoms with Crippen molar-refractivity contribution in [3.63, 3.8) is 0 Å². The first kappa shape index (κ1) is 28.9. The number of amides is 1. The zero-order chi connectivity index (χ0) is 28.0. The van der Waals surface area contributed by atoms with Crippen molar-refractivity contribution < 1.29 is 25.0 Å². The highest BCUT2D eigenvalue weighted by Crippen LogP contribution is 2.30. The number of halogens is 4. The van der Waals surface area contributed by atoms with Crippen molar-refractivity contribution in [2.45, 2.75) is 6.42 Å². The molecule has 4 rings (SSSR count). The number of carbonyl (C=O) groups excluding carboxylic acids is 1. The molecule has 0 aliphatic heterocycles. The number of aromatic hydroxyl groups is 3. The quantitative estimate of drug-likeness (QED) is 0.137. The maximum atomic E-state index is 12.0. The third kappa shape index (κ3) is 7.66. The van der Waals surface area contributed by atoms with Gasteiger partial charge in [0.05, 0.1) is 21.2 Å². The molecule has 0 heterocycles. The molecule has 12 heteroatoms. The number of nitro benzene ring substituents is 1. The van der Waals surface area contributed by atoms with Gasteiger partial charge in [-0.2, -0.15) is 0 Å². The summed E-state index contributed by atoms with van der Waals surface area (Å²) in [7, 11) is 0. The fourth-order valence-electron chi connectivity index (χ4n) is 3.20. The molecule has 0 bridgehead atoms. The van der Waals surface area contributed by atoms with Crippen molar-refractivity contribution in [1.82, 2.24) is 0 Å². The number of benzene rings is 4. The molecule has 4 aromatic carbocycles. The summed E-state index contributed by atoms with van der Waals surface area (Å²) in [5, 5.41) is 43.4. The molecule has 0 saturated carbocycles. The zero-order valence-electron chi connectivity index (χ0n) is 19.2. The van der Waals surface area contributed by atoms with Crippen molar-refractivity contribution in [2.24, 2.45) is 0 Å². The number of phenols is 3. The fraction of sp³-hybridized carbons (Fsp3) is 0.0385. The minimum absolute atomic E-state index is 0.0130. The van der Waals surface area contributed by atoms with Crippen LogP contribution in [0.4, 0.5) is 11.4 Å². The lowest BCUT2D eigenvalue weighted by Gasteiger charge is -2.08. The monoisotopic (exact) mass is 594 g/mol. The first-order chi connectivity index (χ1) is 17.9. The Bertz CT molecular complexity index is 1460. The van der Waals surface area contributed by atoms with E-state index in [9.17, 15) is 30.2 Å². The number of hydrogen-bond acceptors (Lipinski definition) is 6. The van der Waals surface area contributed by atoms with E-state index in [1.54, 1.807) is 24.3 Å². The van der Waals surface area contributed by atoms with Crippen molar-refractivity contribution in [3.05, 3.63) is 120 Å². The van der Waals surface area contributed by atoms with E-state index in [4.69, 9.17) is 46.4 Å². The first-order valence-corrected chi connectivity index (χ1v) is 12.1. The Morgan fingerprint density at radius 2 is 1.24 bits per heavy atom. The molecule has 0 aromatic heterocycles. The summed E-state index contributed by atoms with van der Waals surface area (Å²) in [6.07, 6.45) is 0.374. The van der Waals surface area contributed by atoms with Crippen LogP contribution in [0.3, 0.4) is 0 Å². The van der Waals surface area contributed by atoms with Crippen molar-refractivity contribution >= 4 is 63.7 Å². The minimum atomic E-state index is -0.634. The molecule has 4 aromatic rings. The second-order valence-electron chi connectivity index (χ2n) is 7.76. The van der Waals surface area contributed by atoms with Crippen LogP contribution in [0.2, 0.25) is 20.1 Å². The molecular formula is C26H18Cl4N2O6. The van der Waals surface area contributed by atoms with Crippen LogP contribution in [0.25, 0.3) is 0 Å². The molecule has 0 aliphatic rings. The summed E-state index contributed by atoms with van der Waals surface area (Å²) in [6.45, 7) is 0. The van der Waals surface area contributed by atoms with Gasteiger partial charge in [-0.1, -0.05) is 46.4 Å². The molecule has 0 spiro atoms. The molecule has 4 N–H and O–H groups in total. The summed E-state index contributed by atoms with van der Waals surface area (Å²) < 4.78 is 0. The maximum Gasteiger partial charge on any atom is 0.271 e. The summed E-state index contributed by atoms with van der Waals surface area (Å²) in [4.78, 5) is 22.0. The summed E-state index contributed by atoms with van der Waals surface area (Å²) in [6, 6.07) is 17.3. The van der Waals surface area contributed by atoms with Crippen LogP contribution >= 0.6 is 46.4 Å². The standard InChI is InChI=1S/C13H8Cl2N2O4.C13H10Cl2O2/c14-7-1-4-12(18)9(5-7)13(19)16-11-3-2-8(17(20)21)6-10(11)15;14-10-1-3-12(16)8(6-10)5-9-7-11(15)2-4-13(9)17/h1-6,18H,(H,16,19);1-4,6-7,16-17H,5H2. The molecule has 0 saturated heterocycles. The highest BCUT2D eigenvalue weighted by Gasteiger charge is 2.15. The molecule has 0 aliphatic carbocycles. The van der Waals surface area contributed by atoms with Crippen LogP contribution in [0.1, 0.15) is 21.5 Å². The van der Waals surface area contributed by atoms with E-state index < -0.39 is 10.8 Å². The van der Waals surface area contributed by atoms with Gasteiger partial charge in [0, 0.05) is 33.6 Å². The van der Waals surface area contributed by atoms with Gasteiger partial charge >= 0.3 is 0 Å². The Kier molecular flexibility index (Phi) is 9.66. The van der Waals surface area contributed by atoms with Crippen molar-refractivity contribution in [3.8, 4) is 17.2 Å². The smallest absolute Gasteiger partial charge is 0.271 e. The number of nitro groups is 1. The lowest BCUT2D eigenvalue weighted by molar-refractivity contribution is -0.384. The Balaban J connectivity index is 0.000000215. The molecule has 38 heavy (non-hydrogen) atoms. The summed E-state index contributed by atoms with van der Waals surface area (Å²) in [5.41, 5.74) is 1.26. The highest BCUT2D eigenvalue weighted by molar-refractivity contribution is 6.34. The number of non-ortho nitro benzene ring substituents is 1. The van der Waals surface area contributed by atoms with Gasteiger partial charge in [0.25, 0.3) is 11.6 Å². The van der Waals surface area contributed by atoms with Gasteiger partial charge < -0.3 is 20.6 Å².